The van der Waals surface area contributed by atoms with Crippen molar-refractivity contribution in [2.75, 3.05) is 13.7 Å². The van der Waals surface area contributed by atoms with Crippen LogP contribution < -0.4 is 4.74 Å². The van der Waals surface area contributed by atoms with Crippen LogP contribution in [-0.4, -0.2) is 43.5 Å². The summed E-state index contributed by atoms with van der Waals surface area (Å²) >= 11 is 0. The van der Waals surface area contributed by atoms with E-state index in [2.05, 4.69) is 0 Å². The predicted octanol–water partition coefficient (Wildman–Crippen LogP) is 0.789. The van der Waals surface area contributed by atoms with Gasteiger partial charge in [0.2, 0.25) is 10.0 Å². The Kier molecular flexibility index (Phi) is 2.98. The van der Waals surface area contributed by atoms with Crippen LogP contribution in [0.5, 0.6) is 5.75 Å². The summed E-state index contributed by atoms with van der Waals surface area (Å²) in [6.45, 7) is 0.302. The van der Waals surface area contributed by atoms with Crippen molar-refractivity contribution in [1.29, 1.82) is 0 Å². The minimum Gasteiger partial charge on any atom is -0.497 e. The number of hydrogen-bond acceptors (Lipinski definition) is 4. The maximum atomic E-state index is 12.5. The summed E-state index contributed by atoms with van der Waals surface area (Å²) in [5, 5.41) is 9.25. The molecule has 1 saturated heterocycles. The molecule has 0 unspecified atom stereocenters. The number of methoxy groups -OCH3 is 1. The predicted molar refractivity (Wildman–Crippen MR) is 69.9 cm³/mol. The largest absolute Gasteiger partial charge is 0.497 e. The normalized spacial score (nSPS) is 28.9. The molecule has 20 heavy (non-hydrogen) atoms. The van der Waals surface area contributed by atoms with Gasteiger partial charge in [0.05, 0.1) is 12.0 Å². The summed E-state index contributed by atoms with van der Waals surface area (Å²) < 4.78 is 31.2. The molecule has 0 bridgehead atoms. The molecule has 108 valence electrons. The van der Waals surface area contributed by atoms with Gasteiger partial charge in [0.25, 0.3) is 0 Å². The lowest BCUT2D eigenvalue weighted by Gasteiger charge is -2.23. The molecule has 7 heteroatoms. The second-order valence-electron chi connectivity index (χ2n) is 5.19. The Hall–Kier alpha value is -1.60. The average molecular weight is 297 g/mol. The lowest BCUT2D eigenvalue weighted by Crippen LogP contribution is -2.43. The van der Waals surface area contributed by atoms with Crippen LogP contribution in [0.15, 0.2) is 29.2 Å². The van der Waals surface area contributed by atoms with Gasteiger partial charge in [0, 0.05) is 6.54 Å². The SMILES string of the molecule is COc1ccc(S(=O)(=O)N2C[C@H]3C[C@H]3[C@H]2C(=O)O)cc1. The van der Waals surface area contributed by atoms with Crippen molar-refractivity contribution >= 4 is 16.0 Å². The Balaban J connectivity index is 1.93. The molecule has 6 nitrogen and oxygen atoms in total. The maximum absolute atomic E-state index is 12.5. The number of benzene rings is 1. The van der Waals surface area contributed by atoms with Gasteiger partial charge in [-0.2, -0.15) is 4.31 Å². The lowest BCUT2D eigenvalue weighted by atomic mass is 10.2. The Morgan fingerprint density at radius 1 is 1.35 bits per heavy atom. The topological polar surface area (TPSA) is 83.9 Å². The molecule has 1 aliphatic heterocycles. The first-order valence-corrected chi connectivity index (χ1v) is 7.78. The van der Waals surface area contributed by atoms with Gasteiger partial charge < -0.3 is 9.84 Å². The number of carboxylic acid groups (broad SMARTS) is 1. The number of ether oxygens (including phenoxy) is 1. The van der Waals surface area contributed by atoms with Crippen molar-refractivity contribution < 1.29 is 23.1 Å². The van der Waals surface area contributed by atoms with Crippen molar-refractivity contribution in [3.63, 3.8) is 0 Å². The molecule has 3 atom stereocenters. The van der Waals surface area contributed by atoms with Crippen molar-refractivity contribution in [2.45, 2.75) is 17.4 Å². The highest BCUT2D eigenvalue weighted by atomic mass is 32.2. The van der Waals surface area contributed by atoms with Crippen molar-refractivity contribution in [3.8, 4) is 5.75 Å². The van der Waals surface area contributed by atoms with Crippen LogP contribution >= 0.6 is 0 Å². The Morgan fingerprint density at radius 2 is 2.00 bits per heavy atom. The number of fused-ring (bicyclic) bond motifs is 1. The highest BCUT2D eigenvalue weighted by molar-refractivity contribution is 7.89. The molecular formula is C13H15NO5S. The standard InChI is InChI=1S/C13H15NO5S/c1-19-9-2-4-10(5-3-9)20(17,18)14-7-8-6-11(8)12(14)13(15)16/h2-5,8,11-12H,6-7H2,1H3,(H,15,16)/t8-,11-,12+/m1/s1. The molecular weight excluding hydrogens is 282 g/mol. The van der Waals surface area contributed by atoms with E-state index in [1.165, 1.54) is 19.2 Å². The van der Waals surface area contributed by atoms with Gasteiger partial charge in [-0.3, -0.25) is 4.79 Å². The van der Waals surface area contributed by atoms with Crippen LogP contribution in [0.2, 0.25) is 0 Å². The highest BCUT2D eigenvalue weighted by Crippen LogP contribution is 2.51. The summed E-state index contributed by atoms with van der Waals surface area (Å²) in [5.74, 6) is -0.334. The van der Waals surface area contributed by atoms with E-state index in [4.69, 9.17) is 4.74 Å². The van der Waals surface area contributed by atoms with Crippen molar-refractivity contribution in [3.05, 3.63) is 24.3 Å². The van der Waals surface area contributed by atoms with Gasteiger partial charge in [-0.15, -0.1) is 0 Å². The maximum Gasteiger partial charge on any atom is 0.322 e. The molecule has 1 aromatic carbocycles. The smallest absolute Gasteiger partial charge is 0.322 e. The minimum atomic E-state index is -3.76. The number of nitrogens with zero attached hydrogens (tertiary/aromatic N) is 1. The first kappa shape index (κ1) is 13.4. The van der Waals surface area contributed by atoms with E-state index < -0.39 is 22.0 Å². The second kappa shape index (κ2) is 4.46. The van der Waals surface area contributed by atoms with Crippen LogP contribution in [0.3, 0.4) is 0 Å². The van der Waals surface area contributed by atoms with Crippen LogP contribution in [0.1, 0.15) is 6.42 Å². The van der Waals surface area contributed by atoms with E-state index in [-0.39, 0.29) is 16.7 Å². The fourth-order valence-corrected chi connectivity index (χ4v) is 4.55. The van der Waals surface area contributed by atoms with E-state index >= 15 is 0 Å². The van der Waals surface area contributed by atoms with Gasteiger partial charge in [0.1, 0.15) is 11.8 Å². The Labute approximate surface area is 117 Å². The molecule has 0 amide bonds. The quantitative estimate of drug-likeness (QED) is 0.888. The van der Waals surface area contributed by atoms with Crippen molar-refractivity contribution in [1.82, 2.24) is 4.31 Å². The molecule has 0 spiro atoms. The zero-order chi connectivity index (χ0) is 14.5. The summed E-state index contributed by atoms with van der Waals surface area (Å²) in [4.78, 5) is 11.4. The number of aliphatic carboxylic acids is 1. The molecule has 1 aromatic rings. The van der Waals surface area contributed by atoms with Crippen LogP contribution in [0, 0.1) is 11.8 Å². The van der Waals surface area contributed by atoms with E-state index in [0.717, 1.165) is 10.7 Å². The van der Waals surface area contributed by atoms with Crippen LogP contribution in [0.25, 0.3) is 0 Å². The molecule has 0 aromatic heterocycles. The third-order valence-electron chi connectivity index (χ3n) is 4.03. The Morgan fingerprint density at radius 3 is 2.55 bits per heavy atom. The van der Waals surface area contributed by atoms with Crippen molar-refractivity contribution in [2.24, 2.45) is 11.8 Å². The van der Waals surface area contributed by atoms with Gasteiger partial charge in [0.15, 0.2) is 0 Å². The summed E-state index contributed by atoms with van der Waals surface area (Å²) in [5.41, 5.74) is 0. The Bertz CT molecular complexity index is 639. The first-order valence-electron chi connectivity index (χ1n) is 6.34. The zero-order valence-corrected chi connectivity index (χ0v) is 11.7. The molecule has 2 aliphatic rings. The van der Waals surface area contributed by atoms with E-state index in [1.54, 1.807) is 12.1 Å². The van der Waals surface area contributed by atoms with Crippen LogP contribution in [0.4, 0.5) is 0 Å². The van der Waals surface area contributed by atoms with E-state index in [0.29, 0.717) is 12.3 Å². The zero-order valence-electron chi connectivity index (χ0n) is 10.9. The molecule has 1 N–H and O–H groups in total. The monoisotopic (exact) mass is 297 g/mol. The second-order valence-corrected chi connectivity index (χ2v) is 7.08. The number of sulfonamides is 1. The molecule has 1 heterocycles. The number of carbonyl (C=O) groups is 1. The summed E-state index contributed by atoms with van der Waals surface area (Å²) in [6, 6.07) is 5.07. The number of carboxylic acids is 1. The fourth-order valence-electron chi connectivity index (χ4n) is 2.86. The van der Waals surface area contributed by atoms with Gasteiger partial charge in [-0.1, -0.05) is 0 Å². The van der Waals surface area contributed by atoms with Crippen LogP contribution in [-0.2, 0) is 14.8 Å². The number of hydrogen-bond donors (Lipinski definition) is 1. The minimum absolute atomic E-state index is 0.0273. The van der Waals surface area contributed by atoms with Gasteiger partial charge >= 0.3 is 5.97 Å². The molecule has 2 fully saturated rings. The number of rotatable bonds is 4. The van der Waals surface area contributed by atoms with Gasteiger partial charge in [-0.25, -0.2) is 8.42 Å². The summed E-state index contributed by atoms with van der Waals surface area (Å²) in [7, 11) is -2.27. The highest BCUT2D eigenvalue weighted by Gasteiger charge is 2.59. The van der Waals surface area contributed by atoms with Gasteiger partial charge in [-0.05, 0) is 42.5 Å². The van der Waals surface area contributed by atoms with E-state index in [9.17, 15) is 18.3 Å². The lowest BCUT2D eigenvalue weighted by molar-refractivity contribution is -0.141. The first-order chi connectivity index (χ1) is 9.45. The molecule has 3 rings (SSSR count). The molecule has 1 saturated carbocycles. The fraction of sp³-hybridized carbons (Fsp3) is 0.462. The summed E-state index contributed by atoms with van der Waals surface area (Å²) in [6.07, 6.45) is 0.811. The third-order valence-corrected chi connectivity index (χ3v) is 5.89. The molecule has 0 radical (unpaired) electrons. The average Bonchev–Trinajstić information content (AvgIpc) is 3.08. The number of piperidine rings is 1. The third kappa shape index (κ3) is 1.97. The molecule has 1 aliphatic carbocycles. The van der Waals surface area contributed by atoms with E-state index in [1.807, 2.05) is 0 Å².